The number of halogens is 4. The second-order valence-electron chi connectivity index (χ2n) is 3.77. The van der Waals surface area contributed by atoms with Crippen LogP contribution in [-0.2, 0) is 13.2 Å². The van der Waals surface area contributed by atoms with E-state index < -0.39 is 11.7 Å². The van der Waals surface area contributed by atoms with Crippen LogP contribution < -0.4 is 5.73 Å². The van der Waals surface area contributed by atoms with Gasteiger partial charge in [-0.25, -0.2) is 0 Å². The number of benzene rings is 1. The first kappa shape index (κ1) is 12.9. The molecule has 0 aliphatic rings. The Bertz CT molecular complexity index is 570. The van der Waals surface area contributed by atoms with E-state index in [1.54, 1.807) is 7.05 Å². The normalized spacial score (nSPS) is 11.8. The van der Waals surface area contributed by atoms with Crippen molar-refractivity contribution < 1.29 is 13.2 Å². The molecule has 3 nitrogen and oxygen atoms in total. The van der Waals surface area contributed by atoms with Gasteiger partial charge in [0, 0.05) is 23.2 Å². The third-order valence-electron chi connectivity index (χ3n) is 2.49. The molecule has 2 aromatic rings. The van der Waals surface area contributed by atoms with E-state index in [4.69, 9.17) is 5.73 Å². The number of nitrogens with two attached hydrogens (primary N) is 1. The lowest BCUT2D eigenvalue weighted by Gasteiger charge is -2.09. The Morgan fingerprint density at radius 1 is 1.28 bits per heavy atom. The molecule has 1 heterocycles. The molecule has 0 atom stereocenters. The van der Waals surface area contributed by atoms with Crippen molar-refractivity contribution >= 4 is 21.7 Å². The molecule has 0 saturated carbocycles. The number of nitrogen functional groups attached to an aromatic ring is 1. The van der Waals surface area contributed by atoms with Gasteiger partial charge in [-0.05, 0) is 18.2 Å². The van der Waals surface area contributed by atoms with E-state index in [9.17, 15) is 13.2 Å². The number of nitrogens with zero attached hydrogens (tertiary/aromatic N) is 2. The monoisotopic (exact) mass is 319 g/mol. The molecular formula is C11H9BrF3N3. The van der Waals surface area contributed by atoms with Gasteiger partial charge in [0.2, 0.25) is 0 Å². The summed E-state index contributed by atoms with van der Waals surface area (Å²) in [5.41, 5.74) is 5.65. The van der Waals surface area contributed by atoms with Gasteiger partial charge in [-0.15, -0.1) is 0 Å². The topological polar surface area (TPSA) is 43.8 Å². The van der Waals surface area contributed by atoms with Crippen molar-refractivity contribution in [3.05, 3.63) is 34.3 Å². The van der Waals surface area contributed by atoms with Gasteiger partial charge in [-0.3, -0.25) is 4.68 Å². The largest absolute Gasteiger partial charge is 0.416 e. The van der Waals surface area contributed by atoms with Crippen molar-refractivity contribution in [1.82, 2.24) is 9.78 Å². The molecule has 0 fully saturated rings. The molecule has 2 N–H and O–H groups in total. The molecule has 0 unspecified atom stereocenters. The molecule has 1 aromatic carbocycles. The lowest BCUT2D eigenvalue weighted by atomic mass is 10.1. The Morgan fingerprint density at radius 2 is 1.94 bits per heavy atom. The fourth-order valence-electron chi connectivity index (χ4n) is 1.51. The first-order valence-corrected chi connectivity index (χ1v) is 5.75. The zero-order chi connectivity index (χ0) is 13.5. The lowest BCUT2D eigenvalue weighted by Crippen LogP contribution is -2.05. The van der Waals surface area contributed by atoms with Crippen LogP contribution in [0.5, 0.6) is 0 Å². The Kier molecular flexibility index (Phi) is 3.10. The summed E-state index contributed by atoms with van der Waals surface area (Å²) < 4.78 is 39.8. The zero-order valence-corrected chi connectivity index (χ0v) is 10.9. The van der Waals surface area contributed by atoms with Crippen molar-refractivity contribution in [2.75, 3.05) is 5.73 Å². The van der Waals surface area contributed by atoms with E-state index in [0.29, 0.717) is 21.5 Å². The highest BCUT2D eigenvalue weighted by atomic mass is 79.9. The molecular weight excluding hydrogens is 311 g/mol. The van der Waals surface area contributed by atoms with Gasteiger partial charge in [0.1, 0.15) is 5.82 Å². The van der Waals surface area contributed by atoms with Crippen molar-refractivity contribution in [3.8, 4) is 11.3 Å². The number of hydrogen-bond donors (Lipinski definition) is 1. The van der Waals surface area contributed by atoms with Gasteiger partial charge < -0.3 is 5.73 Å². The number of aryl methyl sites for hydroxylation is 1. The minimum Gasteiger partial charge on any atom is -0.384 e. The Morgan fingerprint density at radius 3 is 2.44 bits per heavy atom. The van der Waals surface area contributed by atoms with Crippen LogP contribution in [0.3, 0.4) is 0 Å². The van der Waals surface area contributed by atoms with Gasteiger partial charge in [-0.2, -0.15) is 18.3 Å². The standard InChI is InChI=1S/C11H9BrF3N3/c1-18-10(16)5-9(17-18)7-4-6(11(13,14)15)2-3-8(7)12/h2-5H,16H2,1H3. The predicted molar refractivity (Wildman–Crippen MR) is 65.8 cm³/mol. The maximum atomic E-state index is 12.6. The van der Waals surface area contributed by atoms with E-state index >= 15 is 0 Å². The number of alkyl halides is 3. The summed E-state index contributed by atoms with van der Waals surface area (Å²) in [7, 11) is 1.63. The van der Waals surface area contributed by atoms with E-state index in [2.05, 4.69) is 21.0 Å². The van der Waals surface area contributed by atoms with E-state index in [-0.39, 0.29) is 0 Å². The molecule has 0 aliphatic carbocycles. The Balaban J connectivity index is 2.56. The summed E-state index contributed by atoms with van der Waals surface area (Å²) in [6, 6.07) is 4.94. The molecule has 0 bridgehead atoms. The molecule has 0 amide bonds. The van der Waals surface area contributed by atoms with Crippen LogP contribution in [0.2, 0.25) is 0 Å². The summed E-state index contributed by atoms with van der Waals surface area (Å²) in [5, 5.41) is 4.06. The van der Waals surface area contributed by atoms with Crippen molar-refractivity contribution in [2.45, 2.75) is 6.18 Å². The number of hydrogen-bond acceptors (Lipinski definition) is 2. The maximum Gasteiger partial charge on any atom is 0.416 e. The van der Waals surface area contributed by atoms with E-state index in [1.165, 1.54) is 16.8 Å². The molecule has 0 aliphatic heterocycles. The first-order chi connectivity index (χ1) is 8.29. The molecule has 7 heteroatoms. The van der Waals surface area contributed by atoms with Crippen LogP contribution in [0.4, 0.5) is 19.0 Å². The second-order valence-corrected chi connectivity index (χ2v) is 4.62. The summed E-state index contributed by atoms with van der Waals surface area (Å²) in [4.78, 5) is 0. The molecule has 0 radical (unpaired) electrons. The summed E-state index contributed by atoms with van der Waals surface area (Å²) in [6.45, 7) is 0. The average molecular weight is 320 g/mol. The van der Waals surface area contributed by atoms with Crippen LogP contribution >= 0.6 is 15.9 Å². The highest BCUT2D eigenvalue weighted by Gasteiger charge is 2.31. The van der Waals surface area contributed by atoms with Crippen LogP contribution in [-0.4, -0.2) is 9.78 Å². The van der Waals surface area contributed by atoms with Crippen LogP contribution in [0.1, 0.15) is 5.56 Å². The van der Waals surface area contributed by atoms with E-state index in [1.807, 2.05) is 0 Å². The minimum atomic E-state index is -4.38. The number of rotatable bonds is 1. The molecule has 0 saturated heterocycles. The first-order valence-electron chi connectivity index (χ1n) is 4.95. The van der Waals surface area contributed by atoms with Gasteiger partial charge in [0.05, 0.1) is 11.3 Å². The third kappa shape index (κ3) is 2.35. The molecule has 96 valence electrons. The average Bonchev–Trinajstić information content (AvgIpc) is 2.58. The van der Waals surface area contributed by atoms with Crippen LogP contribution in [0.15, 0.2) is 28.7 Å². The SMILES string of the molecule is Cn1nc(-c2cc(C(F)(F)F)ccc2Br)cc1N. The van der Waals surface area contributed by atoms with Gasteiger partial charge in [0.25, 0.3) is 0 Å². The molecule has 18 heavy (non-hydrogen) atoms. The minimum absolute atomic E-state index is 0.358. The van der Waals surface area contributed by atoms with Crippen molar-refractivity contribution in [1.29, 1.82) is 0 Å². The van der Waals surface area contributed by atoms with Crippen molar-refractivity contribution in [2.24, 2.45) is 7.05 Å². The van der Waals surface area contributed by atoms with Crippen molar-refractivity contribution in [3.63, 3.8) is 0 Å². The highest BCUT2D eigenvalue weighted by molar-refractivity contribution is 9.10. The fraction of sp³-hybridized carbons (Fsp3) is 0.182. The maximum absolute atomic E-state index is 12.6. The summed E-state index contributed by atoms with van der Waals surface area (Å²) in [6.07, 6.45) is -4.38. The van der Waals surface area contributed by atoms with Gasteiger partial charge in [0.15, 0.2) is 0 Å². The van der Waals surface area contributed by atoms with Crippen LogP contribution in [0, 0.1) is 0 Å². The summed E-state index contributed by atoms with van der Waals surface area (Å²) >= 11 is 3.21. The molecule has 2 rings (SSSR count). The fourth-order valence-corrected chi connectivity index (χ4v) is 1.96. The highest BCUT2D eigenvalue weighted by Crippen LogP contribution is 2.35. The van der Waals surface area contributed by atoms with Gasteiger partial charge in [-0.1, -0.05) is 15.9 Å². The Hall–Kier alpha value is -1.50. The van der Waals surface area contributed by atoms with Gasteiger partial charge >= 0.3 is 6.18 Å². The third-order valence-corrected chi connectivity index (χ3v) is 3.18. The number of anilines is 1. The van der Waals surface area contributed by atoms with E-state index in [0.717, 1.165) is 12.1 Å². The quantitative estimate of drug-likeness (QED) is 0.875. The summed E-state index contributed by atoms with van der Waals surface area (Å²) in [5.74, 6) is 0.384. The smallest absolute Gasteiger partial charge is 0.384 e. The second kappa shape index (κ2) is 4.31. The molecule has 0 spiro atoms. The predicted octanol–water partition coefficient (Wildman–Crippen LogP) is 3.45. The number of aromatic nitrogens is 2. The molecule has 1 aromatic heterocycles. The van der Waals surface area contributed by atoms with Crippen LogP contribution in [0.25, 0.3) is 11.3 Å². The Labute approximate surface area is 110 Å². The lowest BCUT2D eigenvalue weighted by molar-refractivity contribution is -0.137. The zero-order valence-electron chi connectivity index (χ0n) is 9.29.